The lowest BCUT2D eigenvalue weighted by Crippen LogP contribution is -2.73. The molecule has 5 aliphatic heterocycles. The molecule has 5 aliphatic rings. The van der Waals surface area contributed by atoms with Gasteiger partial charge in [0.05, 0.1) is 18.2 Å². The van der Waals surface area contributed by atoms with Crippen molar-refractivity contribution in [2.75, 3.05) is 59.9 Å². The van der Waals surface area contributed by atoms with Crippen LogP contribution >= 0.6 is 0 Å². The standard InChI is InChI=1S/C20H36N4O4/c1-19(25)13-24-18(19)26-15-5-7-23(11-15)8-6-20(2,14-9-21(3)10-14)27-17-16(28-24)12-22(17)4/h14-18,25H,5-13H2,1-4H3. The summed E-state index contributed by atoms with van der Waals surface area (Å²) in [5.74, 6) is 0.560. The van der Waals surface area contributed by atoms with E-state index in [-0.39, 0.29) is 24.0 Å². The summed E-state index contributed by atoms with van der Waals surface area (Å²) in [6, 6.07) is 0. The lowest BCUT2D eigenvalue weighted by Gasteiger charge is -2.57. The lowest BCUT2D eigenvalue weighted by molar-refractivity contribution is -0.421. The number of likely N-dealkylation sites (tertiary alicyclic amines) is 2. The third kappa shape index (κ3) is 3.32. The Hall–Kier alpha value is -0.320. The summed E-state index contributed by atoms with van der Waals surface area (Å²) in [5.41, 5.74) is -1.01. The van der Waals surface area contributed by atoms with Gasteiger partial charge in [0.25, 0.3) is 0 Å². The van der Waals surface area contributed by atoms with Gasteiger partial charge in [-0.1, -0.05) is 0 Å². The second kappa shape index (κ2) is 6.85. The monoisotopic (exact) mass is 396 g/mol. The molecule has 5 rings (SSSR count). The van der Waals surface area contributed by atoms with E-state index in [2.05, 4.69) is 35.7 Å². The van der Waals surface area contributed by atoms with Gasteiger partial charge in [0, 0.05) is 45.2 Å². The molecule has 2 bridgehead atoms. The first kappa shape index (κ1) is 19.6. The van der Waals surface area contributed by atoms with Crippen molar-refractivity contribution in [2.45, 2.75) is 62.6 Å². The van der Waals surface area contributed by atoms with Gasteiger partial charge in [-0.15, -0.1) is 0 Å². The molecule has 0 amide bonds. The van der Waals surface area contributed by atoms with Crippen molar-refractivity contribution in [2.24, 2.45) is 5.92 Å². The summed E-state index contributed by atoms with van der Waals surface area (Å²) in [7, 11) is 4.28. The van der Waals surface area contributed by atoms with Gasteiger partial charge in [0.15, 0.2) is 6.23 Å². The Morgan fingerprint density at radius 2 is 1.82 bits per heavy atom. The highest BCUT2D eigenvalue weighted by Crippen LogP contribution is 2.40. The van der Waals surface area contributed by atoms with Crippen LogP contribution in [0.5, 0.6) is 0 Å². The molecule has 7 unspecified atom stereocenters. The number of rotatable bonds is 1. The van der Waals surface area contributed by atoms with Crippen LogP contribution in [-0.2, 0) is 14.3 Å². The van der Waals surface area contributed by atoms with E-state index in [0.717, 1.165) is 52.1 Å². The molecular weight excluding hydrogens is 360 g/mol. The largest absolute Gasteiger partial charge is 0.384 e. The zero-order chi connectivity index (χ0) is 19.7. The van der Waals surface area contributed by atoms with Crippen LogP contribution in [0.1, 0.15) is 26.7 Å². The van der Waals surface area contributed by atoms with Gasteiger partial charge in [0.1, 0.15) is 17.9 Å². The van der Waals surface area contributed by atoms with E-state index in [9.17, 15) is 5.11 Å². The van der Waals surface area contributed by atoms with Gasteiger partial charge in [0.2, 0.25) is 0 Å². The van der Waals surface area contributed by atoms with E-state index >= 15 is 0 Å². The number of hydrogen-bond donors (Lipinski definition) is 1. The first-order valence-corrected chi connectivity index (χ1v) is 10.8. The highest BCUT2D eigenvalue weighted by Gasteiger charge is 2.55. The number of ether oxygens (including phenoxy) is 2. The molecule has 0 saturated carbocycles. The second-order valence-electron chi connectivity index (χ2n) is 10.2. The molecule has 0 aromatic heterocycles. The summed E-state index contributed by atoms with van der Waals surface area (Å²) < 4.78 is 13.1. The van der Waals surface area contributed by atoms with E-state index in [0.29, 0.717) is 12.5 Å². The van der Waals surface area contributed by atoms with Crippen molar-refractivity contribution in [3.63, 3.8) is 0 Å². The predicted molar refractivity (Wildman–Crippen MR) is 103 cm³/mol. The zero-order valence-corrected chi connectivity index (χ0v) is 17.7. The Balaban J connectivity index is 1.36. The normalized spacial score (nSPS) is 51.5. The van der Waals surface area contributed by atoms with Crippen LogP contribution in [0.25, 0.3) is 0 Å². The number of hydrogen-bond acceptors (Lipinski definition) is 8. The van der Waals surface area contributed by atoms with Crippen molar-refractivity contribution in [1.29, 1.82) is 0 Å². The van der Waals surface area contributed by atoms with Gasteiger partial charge < -0.3 is 24.4 Å². The molecule has 8 nitrogen and oxygen atoms in total. The van der Waals surface area contributed by atoms with Crippen LogP contribution in [0, 0.1) is 5.92 Å². The van der Waals surface area contributed by atoms with E-state index in [1.54, 1.807) is 0 Å². The molecule has 160 valence electrons. The maximum absolute atomic E-state index is 10.6. The quantitative estimate of drug-likeness (QED) is 0.653. The molecule has 0 aliphatic carbocycles. The van der Waals surface area contributed by atoms with Crippen LogP contribution in [0.4, 0.5) is 0 Å². The van der Waals surface area contributed by atoms with Gasteiger partial charge in [-0.25, -0.2) is 0 Å². The maximum Gasteiger partial charge on any atom is 0.163 e. The Labute approximate surface area is 168 Å². The SMILES string of the molecule is CN1CC(C2(C)CCN3CCC(C3)OC3N(CC3(C)O)OC3CN(C)C3O2)C1. The van der Waals surface area contributed by atoms with Gasteiger partial charge in [-0.05, 0) is 40.8 Å². The first-order valence-electron chi connectivity index (χ1n) is 10.8. The van der Waals surface area contributed by atoms with E-state index < -0.39 is 11.8 Å². The minimum Gasteiger partial charge on any atom is -0.384 e. The Morgan fingerprint density at radius 1 is 1.04 bits per heavy atom. The molecule has 1 N–H and O–H groups in total. The summed E-state index contributed by atoms with van der Waals surface area (Å²) in [6.07, 6.45) is 1.75. The minimum atomic E-state index is -0.857. The van der Waals surface area contributed by atoms with Gasteiger partial charge in [-0.2, -0.15) is 5.06 Å². The Bertz CT molecular complexity index is 601. The zero-order valence-electron chi connectivity index (χ0n) is 17.7. The number of nitrogens with zero attached hydrogens (tertiary/aromatic N) is 4. The molecule has 5 heterocycles. The fraction of sp³-hybridized carbons (Fsp3) is 1.00. The number of aliphatic hydroxyl groups is 1. The van der Waals surface area contributed by atoms with Crippen molar-refractivity contribution in [1.82, 2.24) is 19.8 Å². The van der Waals surface area contributed by atoms with E-state index in [4.69, 9.17) is 14.3 Å². The van der Waals surface area contributed by atoms with Crippen molar-refractivity contribution in [3.8, 4) is 0 Å². The topological polar surface area (TPSA) is 60.9 Å². The molecule has 0 radical (unpaired) electrons. The fourth-order valence-corrected chi connectivity index (χ4v) is 5.42. The molecule has 0 aromatic rings. The Kier molecular flexibility index (Phi) is 4.80. The fourth-order valence-electron chi connectivity index (χ4n) is 5.42. The number of hydroxylamine groups is 2. The third-order valence-electron chi connectivity index (χ3n) is 7.55. The van der Waals surface area contributed by atoms with Gasteiger partial charge in [-0.3, -0.25) is 9.74 Å². The molecule has 0 spiro atoms. The molecule has 0 aromatic carbocycles. The van der Waals surface area contributed by atoms with Crippen molar-refractivity contribution in [3.05, 3.63) is 0 Å². The van der Waals surface area contributed by atoms with Crippen LogP contribution in [-0.4, -0.2) is 121 Å². The first-order chi connectivity index (χ1) is 13.2. The smallest absolute Gasteiger partial charge is 0.163 e. The van der Waals surface area contributed by atoms with E-state index in [1.165, 1.54) is 0 Å². The summed E-state index contributed by atoms with van der Waals surface area (Å²) in [6.45, 7) is 10.7. The lowest BCUT2D eigenvalue weighted by atomic mass is 9.80. The van der Waals surface area contributed by atoms with E-state index in [1.807, 2.05) is 12.0 Å². The molecule has 28 heavy (non-hydrogen) atoms. The highest BCUT2D eigenvalue weighted by atomic mass is 16.7. The molecule has 5 saturated heterocycles. The maximum atomic E-state index is 10.6. The summed E-state index contributed by atoms with van der Waals surface area (Å²) >= 11 is 0. The second-order valence-corrected chi connectivity index (χ2v) is 10.2. The average Bonchev–Trinajstić information content (AvgIpc) is 3.06. The van der Waals surface area contributed by atoms with Crippen molar-refractivity contribution >= 4 is 0 Å². The highest BCUT2D eigenvalue weighted by molar-refractivity contribution is 5.00. The number of fused-ring (bicyclic) bond motifs is 4. The van der Waals surface area contributed by atoms with Crippen LogP contribution < -0.4 is 0 Å². The summed E-state index contributed by atoms with van der Waals surface area (Å²) in [5, 5.41) is 12.5. The molecule has 8 heteroatoms. The molecule has 7 atom stereocenters. The minimum absolute atomic E-state index is 0.0115. The summed E-state index contributed by atoms with van der Waals surface area (Å²) in [4.78, 5) is 13.4. The third-order valence-corrected chi connectivity index (χ3v) is 7.55. The van der Waals surface area contributed by atoms with Crippen LogP contribution in [0.15, 0.2) is 0 Å². The average molecular weight is 397 g/mol. The van der Waals surface area contributed by atoms with Crippen LogP contribution in [0.2, 0.25) is 0 Å². The van der Waals surface area contributed by atoms with Crippen LogP contribution in [0.3, 0.4) is 0 Å². The Morgan fingerprint density at radius 3 is 2.50 bits per heavy atom. The predicted octanol–water partition coefficient (Wildman–Crippen LogP) is -0.218. The number of likely N-dealkylation sites (N-methyl/N-ethyl adjacent to an activating group) is 1. The van der Waals surface area contributed by atoms with Gasteiger partial charge >= 0.3 is 0 Å². The van der Waals surface area contributed by atoms with Crippen molar-refractivity contribution < 1.29 is 19.4 Å². The molecule has 5 fully saturated rings. The molecular formula is C20H36N4O4.